The second-order valence-corrected chi connectivity index (χ2v) is 7.24. The van der Waals surface area contributed by atoms with Crippen LogP contribution in [0.4, 0.5) is 0 Å². The highest BCUT2D eigenvalue weighted by molar-refractivity contribution is 9.11. The van der Waals surface area contributed by atoms with Crippen LogP contribution < -0.4 is 0 Å². The van der Waals surface area contributed by atoms with Crippen LogP contribution in [0.1, 0.15) is 12.8 Å². The molecule has 1 saturated heterocycles. The highest BCUT2D eigenvalue weighted by atomic mass is 79.9. The molecule has 0 aliphatic carbocycles. The molecule has 0 N–H and O–H groups in total. The Balaban J connectivity index is 2.45. The molecule has 82 valence electrons. The molecule has 0 atom stereocenters. The van der Waals surface area contributed by atoms with Crippen molar-refractivity contribution in [3.05, 3.63) is 11.1 Å². The van der Waals surface area contributed by atoms with Crippen molar-refractivity contribution < 1.29 is 8.42 Å². The van der Waals surface area contributed by atoms with Crippen molar-refractivity contribution >= 4 is 25.8 Å². The molecule has 3 nitrogen and oxygen atoms in total. The van der Waals surface area contributed by atoms with E-state index in [1.54, 1.807) is 0 Å². The van der Waals surface area contributed by atoms with E-state index in [4.69, 9.17) is 0 Å². The Morgan fingerprint density at radius 3 is 2.43 bits per heavy atom. The van der Waals surface area contributed by atoms with Crippen molar-refractivity contribution in [2.45, 2.75) is 18.9 Å². The van der Waals surface area contributed by atoms with Crippen LogP contribution in [0.25, 0.3) is 0 Å². The maximum absolute atomic E-state index is 11.2. The van der Waals surface area contributed by atoms with Gasteiger partial charge in [-0.25, -0.2) is 8.42 Å². The second kappa shape index (κ2) is 4.77. The molecule has 5 heteroatoms. The van der Waals surface area contributed by atoms with E-state index in [1.807, 2.05) is 7.05 Å². The molecular weight excluding hydrogens is 266 g/mol. The molecule has 0 saturated carbocycles. The quantitative estimate of drug-likeness (QED) is 0.785. The van der Waals surface area contributed by atoms with Gasteiger partial charge in [-0.15, -0.1) is 0 Å². The lowest BCUT2D eigenvalue weighted by Gasteiger charge is -2.30. The van der Waals surface area contributed by atoms with E-state index in [0.717, 1.165) is 23.9 Å². The first-order chi connectivity index (χ1) is 6.41. The molecule has 1 aliphatic rings. The molecule has 1 rings (SSSR count). The van der Waals surface area contributed by atoms with Crippen molar-refractivity contribution in [1.82, 2.24) is 4.90 Å². The van der Waals surface area contributed by atoms with Crippen molar-refractivity contribution in [2.75, 3.05) is 25.1 Å². The summed E-state index contributed by atoms with van der Waals surface area (Å²) in [4.78, 5) is 2.16. The molecule has 0 aromatic rings. The summed E-state index contributed by atoms with van der Waals surface area (Å²) in [5.74, 6) is 0.660. The number of likely N-dealkylation sites (N-methyl/N-ethyl adjacent to an activating group) is 1. The minimum Gasteiger partial charge on any atom is -0.299 e. The summed E-state index contributed by atoms with van der Waals surface area (Å²) in [6.45, 7) is 4.56. The number of rotatable bonds is 3. The summed E-state index contributed by atoms with van der Waals surface area (Å²) in [6.07, 6.45) is 1.50. The second-order valence-electron chi connectivity index (χ2n) is 3.82. The lowest BCUT2D eigenvalue weighted by Crippen LogP contribution is -2.39. The highest BCUT2D eigenvalue weighted by Crippen LogP contribution is 2.18. The van der Waals surface area contributed by atoms with Crippen LogP contribution in [0.2, 0.25) is 0 Å². The van der Waals surface area contributed by atoms with Crippen molar-refractivity contribution in [3.8, 4) is 0 Å². The summed E-state index contributed by atoms with van der Waals surface area (Å²) < 4.78 is 23.3. The van der Waals surface area contributed by atoms with E-state index in [2.05, 4.69) is 27.4 Å². The third-order valence-corrected chi connectivity index (χ3v) is 4.53. The van der Waals surface area contributed by atoms with E-state index in [9.17, 15) is 8.42 Å². The van der Waals surface area contributed by atoms with Crippen LogP contribution in [-0.2, 0) is 9.84 Å². The Kier molecular flexibility index (Phi) is 4.15. The zero-order chi connectivity index (χ0) is 10.8. The largest absolute Gasteiger partial charge is 0.299 e. The first kappa shape index (κ1) is 12.2. The molecule has 0 radical (unpaired) electrons. The fourth-order valence-corrected chi connectivity index (χ4v) is 3.58. The molecular formula is C9H16BrNO2S. The SMILES string of the molecule is C=C(Br)CN(C)C1CCS(=O)(=O)CC1. The number of nitrogens with zero attached hydrogens (tertiary/aromatic N) is 1. The zero-order valence-electron chi connectivity index (χ0n) is 8.37. The lowest BCUT2D eigenvalue weighted by atomic mass is 10.1. The molecule has 0 aromatic heterocycles. The molecule has 0 amide bonds. The van der Waals surface area contributed by atoms with Gasteiger partial charge in [0.05, 0.1) is 11.5 Å². The molecule has 0 aromatic carbocycles. The molecule has 1 aliphatic heterocycles. The first-order valence-electron chi connectivity index (χ1n) is 4.64. The molecule has 0 unspecified atom stereocenters. The van der Waals surface area contributed by atoms with Gasteiger partial charge in [0.25, 0.3) is 0 Å². The Hall–Kier alpha value is 0.130. The van der Waals surface area contributed by atoms with Gasteiger partial charge in [0.15, 0.2) is 0 Å². The van der Waals surface area contributed by atoms with Crippen LogP contribution in [0.3, 0.4) is 0 Å². The van der Waals surface area contributed by atoms with Gasteiger partial charge >= 0.3 is 0 Å². The molecule has 1 heterocycles. The van der Waals surface area contributed by atoms with Gasteiger partial charge in [0.2, 0.25) is 0 Å². The fraction of sp³-hybridized carbons (Fsp3) is 0.778. The number of halogens is 1. The zero-order valence-corrected chi connectivity index (χ0v) is 10.8. The third kappa shape index (κ3) is 3.71. The lowest BCUT2D eigenvalue weighted by molar-refractivity contribution is 0.248. The van der Waals surface area contributed by atoms with Gasteiger partial charge in [0, 0.05) is 17.1 Å². The van der Waals surface area contributed by atoms with Gasteiger partial charge in [-0.1, -0.05) is 22.5 Å². The third-order valence-electron chi connectivity index (χ3n) is 2.57. The predicted molar refractivity (Wildman–Crippen MR) is 62.4 cm³/mol. The van der Waals surface area contributed by atoms with E-state index < -0.39 is 9.84 Å². The summed E-state index contributed by atoms with van der Waals surface area (Å²) >= 11 is 3.31. The number of sulfone groups is 1. The Morgan fingerprint density at radius 2 is 2.00 bits per heavy atom. The average molecular weight is 282 g/mol. The van der Waals surface area contributed by atoms with Crippen LogP contribution in [0.5, 0.6) is 0 Å². The van der Waals surface area contributed by atoms with E-state index >= 15 is 0 Å². The van der Waals surface area contributed by atoms with Crippen molar-refractivity contribution in [1.29, 1.82) is 0 Å². The smallest absolute Gasteiger partial charge is 0.150 e. The van der Waals surface area contributed by atoms with Gasteiger partial charge in [-0.2, -0.15) is 0 Å². The van der Waals surface area contributed by atoms with Gasteiger partial charge < -0.3 is 0 Å². The van der Waals surface area contributed by atoms with Gasteiger partial charge in [0.1, 0.15) is 9.84 Å². The normalized spacial score (nSPS) is 22.5. The minimum absolute atomic E-state index is 0.330. The van der Waals surface area contributed by atoms with E-state index in [-0.39, 0.29) is 0 Å². The maximum Gasteiger partial charge on any atom is 0.150 e. The first-order valence-corrected chi connectivity index (χ1v) is 7.26. The van der Waals surface area contributed by atoms with Crippen LogP contribution in [0.15, 0.2) is 11.1 Å². The number of hydrogen-bond acceptors (Lipinski definition) is 3. The van der Waals surface area contributed by atoms with Crippen LogP contribution in [-0.4, -0.2) is 44.5 Å². The topological polar surface area (TPSA) is 37.4 Å². The summed E-state index contributed by atoms with van der Waals surface area (Å²) in [7, 11) is -0.729. The van der Waals surface area contributed by atoms with Crippen LogP contribution >= 0.6 is 15.9 Å². The fourth-order valence-electron chi connectivity index (χ4n) is 1.72. The summed E-state index contributed by atoms with van der Waals surface area (Å²) in [5, 5.41) is 0. The van der Waals surface area contributed by atoms with Crippen molar-refractivity contribution in [2.24, 2.45) is 0 Å². The summed E-state index contributed by atoms with van der Waals surface area (Å²) in [6, 6.07) is 0.382. The molecule has 14 heavy (non-hydrogen) atoms. The van der Waals surface area contributed by atoms with E-state index in [1.165, 1.54) is 0 Å². The molecule has 0 spiro atoms. The van der Waals surface area contributed by atoms with Gasteiger partial charge in [-0.05, 0) is 19.9 Å². The number of hydrogen-bond donors (Lipinski definition) is 0. The Labute approximate surface area is 94.2 Å². The highest BCUT2D eigenvalue weighted by Gasteiger charge is 2.25. The maximum atomic E-state index is 11.2. The average Bonchev–Trinajstić information content (AvgIpc) is 2.02. The minimum atomic E-state index is -2.74. The standard InChI is InChI=1S/C9H16BrNO2S/c1-8(10)7-11(2)9-3-5-14(12,13)6-4-9/h9H,1,3-7H2,2H3. The Bertz CT molecular complexity index is 299. The molecule has 1 fully saturated rings. The molecule has 0 bridgehead atoms. The predicted octanol–water partition coefficient (Wildman–Crippen LogP) is 1.40. The monoisotopic (exact) mass is 281 g/mol. The summed E-state index contributed by atoms with van der Waals surface area (Å²) in [5.41, 5.74) is 0. The van der Waals surface area contributed by atoms with Gasteiger partial charge in [-0.3, -0.25) is 4.90 Å². The van der Waals surface area contributed by atoms with Crippen LogP contribution in [0, 0.1) is 0 Å². The van der Waals surface area contributed by atoms with E-state index in [0.29, 0.717) is 17.5 Å². The van der Waals surface area contributed by atoms with Crippen molar-refractivity contribution in [3.63, 3.8) is 0 Å². The Morgan fingerprint density at radius 1 is 1.50 bits per heavy atom.